The number of carbonyl (C=O) groups is 3. The van der Waals surface area contributed by atoms with Gasteiger partial charge in [-0.3, -0.25) is 19.3 Å². The third kappa shape index (κ3) is 7.41. The molecule has 1 rings (SSSR count). The second kappa shape index (κ2) is 11.8. The molecular formula is C20H33NO4. The molecule has 0 N–H and O–H groups in total. The van der Waals surface area contributed by atoms with E-state index < -0.39 is 0 Å². The van der Waals surface area contributed by atoms with Crippen molar-refractivity contribution in [2.45, 2.75) is 85.0 Å². The minimum absolute atomic E-state index is 0.0921. The number of nitrogens with zero attached hydrogens (tertiary/aromatic N) is 1. The van der Waals surface area contributed by atoms with Gasteiger partial charge in [-0.25, -0.2) is 0 Å². The topological polar surface area (TPSA) is 63.7 Å². The van der Waals surface area contributed by atoms with E-state index in [9.17, 15) is 14.4 Å². The average Bonchev–Trinajstić information content (AvgIpc) is 2.59. The normalized spacial score (nSPS) is 15.8. The molecule has 1 aliphatic rings. The standard InChI is InChI=1S/C20H33NO4/c1-4-6-8-10-12-18(22)21-14-17(20(21)24)16(3)15-25-19(23)13-11-9-7-5-2/h4-15H2,1-3H3/b17-16-. The molecule has 0 aromatic heterocycles. The van der Waals surface area contributed by atoms with Crippen LogP contribution in [0.15, 0.2) is 11.1 Å². The Kier molecular flexibility index (Phi) is 10.1. The van der Waals surface area contributed by atoms with E-state index in [-0.39, 0.29) is 24.4 Å². The number of β-lactam (4-membered cyclic amide) rings is 1. The van der Waals surface area contributed by atoms with Crippen LogP contribution in [-0.2, 0) is 19.1 Å². The molecule has 1 heterocycles. The zero-order valence-electron chi connectivity index (χ0n) is 16.1. The Hall–Kier alpha value is -1.65. The number of likely N-dealkylation sites (tertiary alicyclic amines) is 1. The van der Waals surface area contributed by atoms with Gasteiger partial charge in [-0.15, -0.1) is 0 Å². The summed E-state index contributed by atoms with van der Waals surface area (Å²) in [5.41, 5.74) is 1.36. The summed E-state index contributed by atoms with van der Waals surface area (Å²) in [5, 5.41) is 0. The molecule has 0 aliphatic carbocycles. The van der Waals surface area contributed by atoms with Gasteiger partial charge in [0.25, 0.3) is 5.91 Å². The number of imide groups is 1. The average molecular weight is 351 g/mol. The molecule has 2 amide bonds. The van der Waals surface area contributed by atoms with Crippen LogP contribution in [0.4, 0.5) is 0 Å². The summed E-state index contributed by atoms with van der Waals surface area (Å²) >= 11 is 0. The van der Waals surface area contributed by atoms with E-state index in [0.29, 0.717) is 25.0 Å². The van der Waals surface area contributed by atoms with Crippen molar-refractivity contribution in [3.63, 3.8) is 0 Å². The van der Waals surface area contributed by atoms with Crippen LogP contribution in [0.25, 0.3) is 0 Å². The maximum atomic E-state index is 12.1. The van der Waals surface area contributed by atoms with Gasteiger partial charge >= 0.3 is 5.97 Å². The van der Waals surface area contributed by atoms with Gasteiger partial charge in [0, 0.05) is 18.4 Å². The zero-order chi connectivity index (χ0) is 18.7. The number of hydrogen-bond donors (Lipinski definition) is 0. The summed E-state index contributed by atoms with van der Waals surface area (Å²) < 4.78 is 5.22. The highest BCUT2D eigenvalue weighted by atomic mass is 16.5. The molecule has 1 saturated heterocycles. The Morgan fingerprint density at radius 1 is 0.960 bits per heavy atom. The van der Waals surface area contributed by atoms with Gasteiger partial charge in [-0.2, -0.15) is 0 Å². The number of amides is 2. The fourth-order valence-corrected chi connectivity index (χ4v) is 2.77. The van der Waals surface area contributed by atoms with E-state index in [1.807, 2.05) is 0 Å². The summed E-state index contributed by atoms with van der Waals surface area (Å²) in [5.74, 6) is -0.533. The van der Waals surface area contributed by atoms with E-state index in [1.165, 1.54) is 4.90 Å². The molecule has 1 fully saturated rings. The summed E-state index contributed by atoms with van der Waals surface area (Å²) in [7, 11) is 0. The third-order valence-electron chi connectivity index (χ3n) is 4.56. The molecule has 5 nitrogen and oxygen atoms in total. The van der Waals surface area contributed by atoms with Crippen molar-refractivity contribution in [1.82, 2.24) is 4.90 Å². The second-order valence-electron chi connectivity index (χ2n) is 6.83. The van der Waals surface area contributed by atoms with Crippen molar-refractivity contribution >= 4 is 17.8 Å². The lowest BCUT2D eigenvalue weighted by Crippen LogP contribution is -2.50. The highest BCUT2D eigenvalue weighted by Crippen LogP contribution is 2.22. The van der Waals surface area contributed by atoms with Crippen molar-refractivity contribution in [1.29, 1.82) is 0 Å². The van der Waals surface area contributed by atoms with Gasteiger partial charge in [-0.1, -0.05) is 52.4 Å². The number of carbonyl (C=O) groups excluding carboxylic acids is 3. The van der Waals surface area contributed by atoms with Crippen LogP contribution in [-0.4, -0.2) is 35.8 Å². The molecule has 0 spiro atoms. The first kappa shape index (κ1) is 21.4. The van der Waals surface area contributed by atoms with E-state index in [0.717, 1.165) is 56.9 Å². The molecule has 0 atom stereocenters. The summed E-state index contributed by atoms with van der Waals surface area (Å²) in [6.45, 7) is 6.54. The largest absolute Gasteiger partial charge is 0.461 e. The predicted molar refractivity (Wildman–Crippen MR) is 97.9 cm³/mol. The first-order valence-corrected chi connectivity index (χ1v) is 9.70. The number of unbranched alkanes of at least 4 members (excludes halogenated alkanes) is 6. The monoisotopic (exact) mass is 351 g/mol. The Balaban J connectivity index is 2.30. The number of esters is 1. The quantitative estimate of drug-likeness (QED) is 0.229. The fourth-order valence-electron chi connectivity index (χ4n) is 2.77. The lowest BCUT2D eigenvalue weighted by Gasteiger charge is -2.33. The molecule has 0 unspecified atom stereocenters. The van der Waals surface area contributed by atoms with Crippen molar-refractivity contribution in [3.05, 3.63) is 11.1 Å². The van der Waals surface area contributed by atoms with Crippen LogP contribution in [0.2, 0.25) is 0 Å². The number of ether oxygens (including phenoxy) is 1. The van der Waals surface area contributed by atoms with Crippen molar-refractivity contribution in [3.8, 4) is 0 Å². The first-order chi connectivity index (χ1) is 12.0. The Bertz CT molecular complexity index is 496. The Labute approximate surface area is 151 Å². The first-order valence-electron chi connectivity index (χ1n) is 9.70. The molecule has 0 bridgehead atoms. The van der Waals surface area contributed by atoms with Crippen LogP contribution in [0.3, 0.4) is 0 Å². The molecule has 5 heteroatoms. The molecule has 0 saturated carbocycles. The number of hydrogen-bond acceptors (Lipinski definition) is 4. The maximum Gasteiger partial charge on any atom is 0.306 e. The molecule has 1 aliphatic heterocycles. The van der Waals surface area contributed by atoms with E-state index >= 15 is 0 Å². The van der Waals surface area contributed by atoms with Crippen LogP contribution in [0, 0.1) is 0 Å². The SMILES string of the molecule is CCCCCCC(=O)OC/C(C)=C1/CN(C(=O)CCCCCC)C1=O. The van der Waals surface area contributed by atoms with Crippen LogP contribution < -0.4 is 0 Å². The molecule has 0 aromatic carbocycles. The van der Waals surface area contributed by atoms with Gasteiger partial charge < -0.3 is 4.74 Å². The summed E-state index contributed by atoms with van der Waals surface area (Å²) in [4.78, 5) is 37.1. The van der Waals surface area contributed by atoms with Crippen LogP contribution in [0.5, 0.6) is 0 Å². The summed E-state index contributed by atoms with van der Waals surface area (Å²) in [6.07, 6.45) is 9.13. The minimum Gasteiger partial charge on any atom is -0.461 e. The molecule has 0 aromatic rings. The van der Waals surface area contributed by atoms with E-state index in [1.54, 1.807) is 6.92 Å². The number of rotatable bonds is 12. The van der Waals surface area contributed by atoms with E-state index in [2.05, 4.69) is 13.8 Å². The molecule has 142 valence electrons. The maximum absolute atomic E-state index is 12.1. The van der Waals surface area contributed by atoms with Crippen molar-refractivity contribution < 1.29 is 19.1 Å². The van der Waals surface area contributed by atoms with Crippen molar-refractivity contribution in [2.24, 2.45) is 0 Å². The molecule has 25 heavy (non-hydrogen) atoms. The van der Waals surface area contributed by atoms with Gasteiger partial charge in [0.2, 0.25) is 5.91 Å². The van der Waals surface area contributed by atoms with Crippen LogP contribution >= 0.6 is 0 Å². The van der Waals surface area contributed by atoms with Gasteiger partial charge in [-0.05, 0) is 25.3 Å². The smallest absolute Gasteiger partial charge is 0.306 e. The van der Waals surface area contributed by atoms with Gasteiger partial charge in [0.05, 0.1) is 6.54 Å². The van der Waals surface area contributed by atoms with E-state index in [4.69, 9.17) is 4.74 Å². The minimum atomic E-state index is -0.225. The lowest BCUT2D eigenvalue weighted by atomic mass is 10.00. The third-order valence-corrected chi connectivity index (χ3v) is 4.56. The highest BCUT2D eigenvalue weighted by Gasteiger charge is 2.36. The Morgan fingerprint density at radius 3 is 2.12 bits per heavy atom. The van der Waals surface area contributed by atoms with Gasteiger partial charge in [0.1, 0.15) is 6.61 Å². The fraction of sp³-hybridized carbons (Fsp3) is 0.750. The lowest BCUT2D eigenvalue weighted by molar-refractivity contribution is -0.148. The van der Waals surface area contributed by atoms with Crippen LogP contribution in [0.1, 0.15) is 85.0 Å². The predicted octanol–water partition coefficient (Wildman–Crippen LogP) is 4.16. The molecule has 0 radical (unpaired) electrons. The highest BCUT2D eigenvalue weighted by molar-refractivity contribution is 6.11. The zero-order valence-corrected chi connectivity index (χ0v) is 16.1. The van der Waals surface area contributed by atoms with Crippen molar-refractivity contribution in [2.75, 3.05) is 13.2 Å². The Morgan fingerprint density at radius 2 is 1.56 bits per heavy atom. The second-order valence-corrected chi connectivity index (χ2v) is 6.83. The summed E-state index contributed by atoms with van der Waals surface area (Å²) in [6, 6.07) is 0. The molecular weight excluding hydrogens is 318 g/mol. The van der Waals surface area contributed by atoms with Gasteiger partial charge in [0.15, 0.2) is 0 Å².